The zero-order valence-electron chi connectivity index (χ0n) is 9.16. The van der Waals surface area contributed by atoms with E-state index < -0.39 is 0 Å². The van der Waals surface area contributed by atoms with Gasteiger partial charge >= 0.3 is 0 Å². The first-order chi connectivity index (χ1) is 8.13. The topological polar surface area (TPSA) is 40.5 Å². The lowest BCUT2D eigenvalue weighted by molar-refractivity contribution is 0.0526. The lowest BCUT2D eigenvalue weighted by Gasteiger charge is -2.37. The third-order valence-corrected chi connectivity index (χ3v) is 4.49. The Balaban J connectivity index is 2.17. The van der Waals surface area contributed by atoms with Crippen LogP contribution in [0.15, 0.2) is 6.07 Å². The predicted octanol–water partition coefficient (Wildman–Crippen LogP) is 3.04. The summed E-state index contributed by atoms with van der Waals surface area (Å²) in [4.78, 5) is 14.0. The van der Waals surface area contributed by atoms with Crippen molar-refractivity contribution in [2.45, 2.75) is 25.3 Å². The number of carbonyl (C=O) groups excluding carboxylic acids is 1. The number of amides is 1. The molecule has 1 aromatic heterocycles. The van der Waals surface area contributed by atoms with Gasteiger partial charge in [-0.15, -0.1) is 11.3 Å². The van der Waals surface area contributed by atoms with Crippen LogP contribution in [0.25, 0.3) is 0 Å². The molecular weight excluding hydrogens is 281 g/mol. The van der Waals surface area contributed by atoms with Crippen LogP contribution in [0.2, 0.25) is 8.67 Å². The Morgan fingerprint density at radius 2 is 2.24 bits per heavy atom. The molecule has 1 aliphatic rings. The van der Waals surface area contributed by atoms with Crippen LogP contribution in [0.3, 0.4) is 0 Å². The fraction of sp³-hybridized carbons (Fsp3) is 0.545. The molecule has 2 rings (SSSR count). The van der Waals surface area contributed by atoms with Crippen molar-refractivity contribution < 1.29 is 9.90 Å². The summed E-state index contributed by atoms with van der Waals surface area (Å²) in [6.45, 7) is 0.324. The maximum atomic E-state index is 12.3. The number of aliphatic hydroxyl groups excluding tert-OH is 1. The molecule has 3 nitrogen and oxygen atoms in total. The highest BCUT2D eigenvalue weighted by Gasteiger charge is 2.30. The van der Waals surface area contributed by atoms with Crippen LogP contribution < -0.4 is 0 Å². The number of nitrogens with zero attached hydrogens (tertiary/aromatic N) is 1. The minimum Gasteiger partial charge on any atom is -0.395 e. The smallest absolute Gasteiger partial charge is 0.256 e. The fourth-order valence-corrected chi connectivity index (χ4v) is 3.34. The van der Waals surface area contributed by atoms with Crippen LogP contribution in [0.1, 0.15) is 29.6 Å². The largest absolute Gasteiger partial charge is 0.395 e. The van der Waals surface area contributed by atoms with Gasteiger partial charge in [-0.05, 0) is 25.3 Å². The standard InChI is InChI=1S/C11H13Cl2NO2S/c12-9-6-8(10(13)17-9)11(16)14(4-5-15)7-2-1-3-7/h6-7,15H,1-5H2. The first kappa shape index (κ1) is 13.1. The summed E-state index contributed by atoms with van der Waals surface area (Å²) in [6.07, 6.45) is 3.14. The van der Waals surface area contributed by atoms with Crippen LogP contribution >= 0.6 is 34.5 Å². The Kier molecular flexibility index (Phi) is 4.31. The van der Waals surface area contributed by atoms with Gasteiger partial charge in [-0.25, -0.2) is 0 Å². The molecule has 0 spiro atoms. The molecule has 0 saturated heterocycles. The maximum Gasteiger partial charge on any atom is 0.256 e. The summed E-state index contributed by atoms with van der Waals surface area (Å²) in [5.74, 6) is -0.128. The Hall–Kier alpha value is -0.290. The van der Waals surface area contributed by atoms with E-state index in [0.717, 1.165) is 19.3 Å². The molecule has 94 valence electrons. The average molecular weight is 294 g/mol. The lowest BCUT2D eigenvalue weighted by Crippen LogP contribution is -2.45. The molecule has 1 aliphatic carbocycles. The molecule has 0 aliphatic heterocycles. The molecule has 0 atom stereocenters. The first-order valence-electron chi connectivity index (χ1n) is 5.50. The molecule has 1 amide bonds. The Morgan fingerprint density at radius 1 is 1.53 bits per heavy atom. The second-order valence-electron chi connectivity index (χ2n) is 4.04. The van der Waals surface area contributed by atoms with E-state index in [2.05, 4.69) is 0 Å². The lowest BCUT2D eigenvalue weighted by atomic mass is 9.91. The summed E-state index contributed by atoms with van der Waals surface area (Å²) in [7, 11) is 0. The summed E-state index contributed by atoms with van der Waals surface area (Å²) in [5.41, 5.74) is 0.446. The molecule has 17 heavy (non-hydrogen) atoms. The summed E-state index contributed by atoms with van der Waals surface area (Å²) in [5, 5.41) is 9.03. The molecule has 0 aromatic carbocycles. The highest BCUT2D eigenvalue weighted by atomic mass is 35.5. The molecular formula is C11H13Cl2NO2S. The normalized spacial score (nSPS) is 15.7. The molecule has 6 heteroatoms. The van der Waals surface area contributed by atoms with E-state index >= 15 is 0 Å². The van der Waals surface area contributed by atoms with E-state index in [0.29, 0.717) is 20.8 Å². The Labute approximate surface area is 114 Å². The van der Waals surface area contributed by atoms with Gasteiger partial charge in [-0.1, -0.05) is 23.2 Å². The second kappa shape index (κ2) is 5.57. The van der Waals surface area contributed by atoms with Gasteiger partial charge in [-0.3, -0.25) is 4.79 Å². The monoisotopic (exact) mass is 293 g/mol. The minimum atomic E-state index is -0.128. The molecule has 1 saturated carbocycles. The van der Waals surface area contributed by atoms with E-state index in [9.17, 15) is 4.79 Å². The molecule has 1 fully saturated rings. The van der Waals surface area contributed by atoms with Crippen LogP contribution in [0.4, 0.5) is 0 Å². The van der Waals surface area contributed by atoms with Crippen LogP contribution in [-0.2, 0) is 0 Å². The zero-order valence-corrected chi connectivity index (χ0v) is 11.5. The number of halogens is 2. The van der Waals surface area contributed by atoms with Gasteiger partial charge in [-0.2, -0.15) is 0 Å². The molecule has 1 N–H and O–H groups in total. The number of carbonyl (C=O) groups is 1. The van der Waals surface area contributed by atoms with Crippen LogP contribution in [0, 0.1) is 0 Å². The van der Waals surface area contributed by atoms with Gasteiger partial charge in [0.1, 0.15) is 4.34 Å². The van der Waals surface area contributed by atoms with E-state index in [1.807, 2.05) is 0 Å². The summed E-state index contributed by atoms with van der Waals surface area (Å²) in [6, 6.07) is 1.84. The summed E-state index contributed by atoms with van der Waals surface area (Å²) >= 11 is 13.0. The molecule has 1 heterocycles. The van der Waals surface area contributed by atoms with Crippen molar-refractivity contribution in [1.82, 2.24) is 4.90 Å². The predicted molar refractivity (Wildman–Crippen MR) is 70.1 cm³/mol. The van der Waals surface area contributed by atoms with Crippen molar-refractivity contribution in [1.29, 1.82) is 0 Å². The van der Waals surface area contributed by atoms with Gasteiger partial charge in [0, 0.05) is 12.6 Å². The minimum absolute atomic E-state index is 0.0300. The van der Waals surface area contributed by atoms with Crippen LogP contribution in [0.5, 0.6) is 0 Å². The number of rotatable bonds is 4. The molecule has 0 bridgehead atoms. The number of thiophene rings is 1. The molecule has 1 aromatic rings. The van der Waals surface area contributed by atoms with E-state index in [-0.39, 0.29) is 18.6 Å². The Bertz CT molecular complexity index is 418. The number of hydrogen-bond acceptors (Lipinski definition) is 3. The highest BCUT2D eigenvalue weighted by molar-refractivity contribution is 7.20. The van der Waals surface area contributed by atoms with Crippen molar-refractivity contribution in [2.75, 3.05) is 13.2 Å². The quantitative estimate of drug-likeness (QED) is 0.927. The van der Waals surface area contributed by atoms with Gasteiger partial charge in [0.2, 0.25) is 0 Å². The molecule has 0 radical (unpaired) electrons. The zero-order chi connectivity index (χ0) is 12.4. The van der Waals surface area contributed by atoms with Crippen molar-refractivity contribution in [3.05, 3.63) is 20.3 Å². The van der Waals surface area contributed by atoms with E-state index in [1.54, 1.807) is 11.0 Å². The van der Waals surface area contributed by atoms with Gasteiger partial charge in [0.25, 0.3) is 5.91 Å². The van der Waals surface area contributed by atoms with E-state index in [1.165, 1.54) is 11.3 Å². The van der Waals surface area contributed by atoms with Gasteiger partial charge < -0.3 is 10.0 Å². The third-order valence-electron chi connectivity index (χ3n) is 3.00. The SMILES string of the molecule is O=C(c1cc(Cl)sc1Cl)N(CCO)C1CCC1. The highest BCUT2D eigenvalue weighted by Crippen LogP contribution is 2.34. The third kappa shape index (κ3) is 2.76. The Morgan fingerprint density at radius 3 is 2.65 bits per heavy atom. The molecule has 0 unspecified atom stereocenters. The van der Waals surface area contributed by atoms with E-state index in [4.69, 9.17) is 28.3 Å². The fourth-order valence-electron chi connectivity index (χ4n) is 1.90. The van der Waals surface area contributed by atoms with Crippen molar-refractivity contribution >= 4 is 40.4 Å². The van der Waals surface area contributed by atoms with Crippen molar-refractivity contribution in [3.8, 4) is 0 Å². The number of hydrogen-bond donors (Lipinski definition) is 1. The van der Waals surface area contributed by atoms with Crippen molar-refractivity contribution in [3.63, 3.8) is 0 Å². The van der Waals surface area contributed by atoms with Gasteiger partial charge in [0.15, 0.2) is 0 Å². The summed E-state index contributed by atoms with van der Waals surface area (Å²) < 4.78 is 0.929. The van der Waals surface area contributed by atoms with Crippen molar-refractivity contribution in [2.24, 2.45) is 0 Å². The first-order valence-corrected chi connectivity index (χ1v) is 7.07. The number of aliphatic hydroxyl groups is 1. The maximum absolute atomic E-state index is 12.3. The van der Waals surface area contributed by atoms with Gasteiger partial charge in [0.05, 0.1) is 16.5 Å². The second-order valence-corrected chi connectivity index (χ2v) is 6.33. The van der Waals surface area contributed by atoms with Crippen LogP contribution in [-0.4, -0.2) is 35.1 Å². The average Bonchev–Trinajstić information content (AvgIpc) is 2.53.